The van der Waals surface area contributed by atoms with Gasteiger partial charge in [0.05, 0.1) is 5.41 Å². The Hall–Kier alpha value is -0.680. The van der Waals surface area contributed by atoms with Crippen molar-refractivity contribution >= 4 is 32.2 Å². The summed E-state index contributed by atoms with van der Waals surface area (Å²) in [4.78, 5) is 0. The van der Waals surface area contributed by atoms with E-state index in [4.69, 9.17) is 0 Å². The predicted molar refractivity (Wildman–Crippen MR) is 53.2 cm³/mol. The Balaban J connectivity index is 2.93. The standard InChI is InChI=1S/C8H6BrFO2S/c9-8-3-1-2-7(6-8)4-5-13(10,11)12/h1-6H/b5-4+. The first-order valence-electron chi connectivity index (χ1n) is 3.36. The summed E-state index contributed by atoms with van der Waals surface area (Å²) in [6.45, 7) is 0. The van der Waals surface area contributed by atoms with Crippen molar-refractivity contribution in [2.45, 2.75) is 0 Å². The molecule has 1 aromatic carbocycles. The van der Waals surface area contributed by atoms with E-state index in [0.29, 0.717) is 11.0 Å². The van der Waals surface area contributed by atoms with Gasteiger partial charge in [-0.25, -0.2) is 0 Å². The van der Waals surface area contributed by atoms with Gasteiger partial charge >= 0.3 is 10.2 Å². The number of benzene rings is 1. The average Bonchev–Trinajstić information content (AvgIpc) is 2.00. The summed E-state index contributed by atoms with van der Waals surface area (Å²) >= 11 is 3.21. The molecule has 0 radical (unpaired) electrons. The summed E-state index contributed by atoms with van der Waals surface area (Å²) in [7, 11) is -4.53. The molecule has 0 saturated carbocycles. The molecule has 0 aliphatic heterocycles. The van der Waals surface area contributed by atoms with Gasteiger partial charge in [0.2, 0.25) is 0 Å². The van der Waals surface area contributed by atoms with Gasteiger partial charge in [0.1, 0.15) is 0 Å². The molecule has 0 saturated heterocycles. The second-order valence-electron chi connectivity index (χ2n) is 2.33. The number of hydrogen-bond acceptors (Lipinski definition) is 2. The first kappa shape index (κ1) is 10.4. The molecule has 0 aliphatic carbocycles. The molecule has 0 aliphatic rings. The second-order valence-corrected chi connectivity index (χ2v) is 4.47. The Morgan fingerprint density at radius 2 is 2.08 bits per heavy atom. The van der Waals surface area contributed by atoms with Gasteiger partial charge in [0, 0.05) is 4.47 Å². The van der Waals surface area contributed by atoms with Gasteiger partial charge in [-0.2, -0.15) is 8.42 Å². The molecule has 13 heavy (non-hydrogen) atoms. The van der Waals surface area contributed by atoms with Crippen LogP contribution in [0.1, 0.15) is 5.56 Å². The van der Waals surface area contributed by atoms with Gasteiger partial charge in [0.25, 0.3) is 0 Å². The minimum Gasteiger partial charge on any atom is -0.190 e. The Morgan fingerprint density at radius 3 is 2.62 bits per heavy atom. The summed E-state index contributed by atoms with van der Waals surface area (Å²) in [5.74, 6) is 0. The van der Waals surface area contributed by atoms with Crippen LogP contribution in [-0.2, 0) is 10.2 Å². The lowest BCUT2D eigenvalue weighted by Crippen LogP contribution is -1.81. The molecule has 0 atom stereocenters. The summed E-state index contributed by atoms with van der Waals surface area (Å²) in [6.07, 6.45) is 1.19. The van der Waals surface area contributed by atoms with Crippen LogP contribution in [0.3, 0.4) is 0 Å². The largest absolute Gasteiger partial charge is 0.325 e. The van der Waals surface area contributed by atoms with E-state index in [9.17, 15) is 12.3 Å². The zero-order chi connectivity index (χ0) is 9.90. The Labute approximate surface area is 84.4 Å². The third-order valence-corrected chi connectivity index (χ3v) is 2.23. The highest BCUT2D eigenvalue weighted by molar-refractivity contribution is 9.10. The van der Waals surface area contributed by atoms with E-state index < -0.39 is 10.2 Å². The molecule has 0 bridgehead atoms. The van der Waals surface area contributed by atoms with E-state index in [0.717, 1.165) is 4.47 Å². The molecule has 0 aromatic heterocycles. The topological polar surface area (TPSA) is 34.1 Å². The fraction of sp³-hybridized carbons (Fsp3) is 0. The van der Waals surface area contributed by atoms with Crippen molar-refractivity contribution in [3.63, 3.8) is 0 Å². The number of hydrogen-bond donors (Lipinski definition) is 0. The zero-order valence-corrected chi connectivity index (χ0v) is 8.85. The molecule has 5 heteroatoms. The zero-order valence-electron chi connectivity index (χ0n) is 6.44. The highest BCUT2D eigenvalue weighted by atomic mass is 79.9. The van der Waals surface area contributed by atoms with Crippen LogP contribution in [0.25, 0.3) is 6.08 Å². The van der Waals surface area contributed by atoms with Gasteiger partial charge in [-0.05, 0) is 23.8 Å². The van der Waals surface area contributed by atoms with Crippen LogP contribution in [-0.4, -0.2) is 8.42 Å². The van der Waals surface area contributed by atoms with E-state index >= 15 is 0 Å². The smallest absolute Gasteiger partial charge is 0.190 e. The molecule has 0 N–H and O–H groups in total. The van der Waals surface area contributed by atoms with E-state index in [1.165, 1.54) is 6.08 Å². The maximum absolute atomic E-state index is 12.0. The first-order valence-corrected chi connectivity index (χ1v) is 5.60. The van der Waals surface area contributed by atoms with Gasteiger partial charge in [-0.3, -0.25) is 0 Å². The van der Waals surface area contributed by atoms with Crippen molar-refractivity contribution in [1.29, 1.82) is 0 Å². The molecule has 0 amide bonds. The highest BCUT2D eigenvalue weighted by Gasteiger charge is 1.98. The lowest BCUT2D eigenvalue weighted by atomic mass is 10.2. The van der Waals surface area contributed by atoms with Gasteiger partial charge < -0.3 is 0 Å². The van der Waals surface area contributed by atoms with Gasteiger partial charge in [-0.1, -0.05) is 28.1 Å². The molecule has 0 heterocycles. The maximum atomic E-state index is 12.0. The molecule has 1 aromatic rings. The van der Waals surface area contributed by atoms with Crippen LogP contribution in [0, 0.1) is 0 Å². The van der Waals surface area contributed by atoms with E-state index in [1.54, 1.807) is 24.3 Å². The number of rotatable bonds is 2. The Morgan fingerprint density at radius 1 is 1.38 bits per heavy atom. The Bertz CT molecular complexity index is 426. The molecule has 0 unspecified atom stereocenters. The third-order valence-electron chi connectivity index (χ3n) is 1.27. The molecule has 1 rings (SSSR count). The van der Waals surface area contributed by atoms with Crippen molar-refractivity contribution < 1.29 is 12.3 Å². The van der Waals surface area contributed by atoms with E-state index in [1.807, 2.05) is 0 Å². The van der Waals surface area contributed by atoms with Crippen molar-refractivity contribution in [3.05, 3.63) is 39.7 Å². The summed E-state index contributed by atoms with van der Waals surface area (Å²) in [5, 5.41) is 0.523. The molecular weight excluding hydrogens is 259 g/mol. The maximum Gasteiger partial charge on any atom is 0.325 e. The Kier molecular flexibility index (Phi) is 3.22. The second kappa shape index (κ2) is 4.02. The lowest BCUT2D eigenvalue weighted by molar-refractivity contribution is 0.563. The molecule has 70 valence electrons. The van der Waals surface area contributed by atoms with Crippen molar-refractivity contribution in [3.8, 4) is 0 Å². The van der Waals surface area contributed by atoms with E-state index in [2.05, 4.69) is 15.9 Å². The predicted octanol–water partition coefficient (Wildman–Crippen LogP) is 2.72. The minimum atomic E-state index is -4.53. The SMILES string of the molecule is O=S(=O)(F)/C=C/c1cccc(Br)c1. The summed E-state index contributed by atoms with van der Waals surface area (Å²) < 4.78 is 33.1. The van der Waals surface area contributed by atoms with Crippen molar-refractivity contribution in [2.24, 2.45) is 0 Å². The lowest BCUT2D eigenvalue weighted by Gasteiger charge is -1.92. The fourth-order valence-electron chi connectivity index (χ4n) is 0.770. The highest BCUT2D eigenvalue weighted by Crippen LogP contribution is 2.13. The fourth-order valence-corrected chi connectivity index (χ4v) is 1.51. The monoisotopic (exact) mass is 264 g/mol. The summed E-state index contributed by atoms with van der Waals surface area (Å²) in [5.41, 5.74) is 0.621. The van der Waals surface area contributed by atoms with E-state index in [-0.39, 0.29) is 0 Å². The van der Waals surface area contributed by atoms with Crippen LogP contribution in [0.5, 0.6) is 0 Å². The minimum absolute atomic E-state index is 0.523. The van der Waals surface area contributed by atoms with Crippen LogP contribution >= 0.6 is 15.9 Å². The average molecular weight is 265 g/mol. The normalized spacial score (nSPS) is 12.2. The van der Waals surface area contributed by atoms with Crippen LogP contribution in [0.2, 0.25) is 0 Å². The van der Waals surface area contributed by atoms with Crippen molar-refractivity contribution in [1.82, 2.24) is 0 Å². The molecule has 0 spiro atoms. The quantitative estimate of drug-likeness (QED) is 0.770. The van der Waals surface area contributed by atoms with Crippen LogP contribution in [0.15, 0.2) is 34.1 Å². The van der Waals surface area contributed by atoms with Gasteiger partial charge in [-0.15, -0.1) is 3.89 Å². The van der Waals surface area contributed by atoms with Gasteiger partial charge in [0.15, 0.2) is 0 Å². The van der Waals surface area contributed by atoms with Crippen LogP contribution < -0.4 is 0 Å². The molecule has 2 nitrogen and oxygen atoms in total. The summed E-state index contributed by atoms with van der Waals surface area (Å²) in [6, 6.07) is 6.88. The van der Waals surface area contributed by atoms with Crippen LogP contribution in [0.4, 0.5) is 3.89 Å². The number of halogens is 2. The third kappa shape index (κ3) is 4.19. The molecular formula is C8H6BrFO2S. The molecule has 0 fully saturated rings. The first-order chi connectivity index (χ1) is 5.97. The van der Waals surface area contributed by atoms with Crippen molar-refractivity contribution in [2.75, 3.05) is 0 Å².